The van der Waals surface area contributed by atoms with Crippen molar-refractivity contribution < 1.29 is 17.9 Å². The molecule has 9 heavy (non-hydrogen) atoms. The summed E-state index contributed by atoms with van der Waals surface area (Å²) in [5, 5.41) is 0. The third-order valence-corrected chi connectivity index (χ3v) is 0.539. The summed E-state index contributed by atoms with van der Waals surface area (Å²) < 4.78 is 38.3. The summed E-state index contributed by atoms with van der Waals surface area (Å²) in [6, 6.07) is -1.22. The summed E-state index contributed by atoms with van der Waals surface area (Å²) in [5.41, 5.74) is 0. The van der Waals surface area contributed by atoms with E-state index < -0.39 is 12.4 Å². The average molecular weight is 140 g/mol. The lowest BCUT2D eigenvalue weighted by Crippen LogP contribution is -1.89. The van der Waals surface area contributed by atoms with Gasteiger partial charge in [0.15, 0.2) is 0 Å². The highest BCUT2D eigenvalue weighted by Crippen LogP contribution is 2.03. The number of hydrogen-bond acceptors (Lipinski definition) is 1. The molecule has 0 spiro atoms. The van der Waals surface area contributed by atoms with Crippen molar-refractivity contribution in [3.8, 4) is 0 Å². The van der Waals surface area contributed by atoms with Gasteiger partial charge in [-0.25, -0.2) is 8.78 Å². The molecule has 0 N–H and O–H groups in total. The van der Waals surface area contributed by atoms with Crippen molar-refractivity contribution in [3.05, 3.63) is 12.1 Å². The molecule has 0 aliphatic heterocycles. The second kappa shape index (κ2) is 4.23. The molecular formula is C5H7F3O. The first kappa shape index (κ1) is 8.33. The van der Waals surface area contributed by atoms with Crippen LogP contribution in [0.15, 0.2) is 12.1 Å². The molecule has 0 aliphatic rings. The van der Waals surface area contributed by atoms with Gasteiger partial charge in [0.1, 0.15) is 0 Å². The van der Waals surface area contributed by atoms with E-state index in [1.165, 1.54) is 6.92 Å². The van der Waals surface area contributed by atoms with Gasteiger partial charge < -0.3 is 4.74 Å². The third kappa shape index (κ3) is 5.20. The largest absolute Gasteiger partial charge is 0.471 e. The molecule has 0 unspecified atom stereocenters. The standard InChI is InChI=1S/C5H7F3O/c1-2-9-5(8)3-4(6)7/h3-4H,2H2,1H3/b5-3+. The Bertz CT molecular complexity index is 100. The first-order valence-electron chi connectivity index (χ1n) is 2.45. The van der Waals surface area contributed by atoms with Crippen molar-refractivity contribution in [2.45, 2.75) is 13.3 Å². The van der Waals surface area contributed by atoms with Crippen molar-refractivity contribution >= 4 is 0 Å². The summed E-state index contributed by atoms with van der Waals surface area (Å²) in [7, 11) is 0. The normalized spacial score (nSPS) is 12.3. The van der Waals surface area contributed by atoms with E-state index in [9.17, 15) is 13.2 Å². The van der Waals surface area contributed by atoms with Gasteiger partial charge in [0.2, 0.25) is 0 Å². The van der Waals surface area contributed by atoms with Gasteiger partial charge in [-0.05, 0) is 6.92 Å². The van der Waals surface area contributed by atoms with E-state index in [0.717, 1.165) is 0 Å². The van der Waals surface area contributed by atoms with Crippen LogP contribution in [0, 0.1) is 0 Å². The fourth-order valence-corrected chi connectivity index (χ4v) is 0.285. The third-order valence-electron chi connectivity index (χ3n) is 0.539. The summed E-state index contributed by atoms with van der Waals surface area (Å²) in [4.78, 5) is 0. The van der Waals surface area contributed by atoms with Gasteiger partial charge in [-0.1, -0.05) is 0 Å². The summed E-state index contributed by atoms with van der Waals surface area (Å²) >= 11 is 0. The molecule has 0 aromatic carbocycles. The Balaban J connectivity index is 3.55. The van der Waals surface area contributed by atoms with Gasteiger partial charge in [0, 0.05) is 0 Å². The zero-order valence-electron chi connectivity index (χ0n) is 4.90. The molecule has 0 aromatic heterocycles. The van der Waals surface area contributed by atoms with Crippen LogP contribution in [0.4, 0.5) is 13.2 Å². The van der Waals surface area contributed by atoms with Crippen LogP contribution in [0.1, 0.15) is 6.92 Å². The molecule has 0 atom stereocenters. The van der Waals surface area contributed by atoms with Gasteiger partial charge in [0.05, 0.1) is 12.7 Å². The monoisotopic (exact) mass is 140 g/mol. The number of alkyl halides is 2. The molecule has 1 nitrogen and oxygen atoms in total. The van der Waals surface area contributed by atoms with E-state index in [4.69, 9.17) is 0 Å². The van der Waals surface area contributed by atoms with Crippen LogP contribution in [-0.2, 0) is 4.74 Å². The van der Waals surface area contributed by atoms with Gasteiger partial charge in [-0.3, -0.25) is 0 Å². The molecule has 0 heterocycles. The minimum atomic E-state index is -2.78. The van der Waals surface area contributed by atoms with Crippen LogP contribution >= 0.6 is 0 Å². The van der Waals surface area contributed by atoms with E-state index in [0.29, 0.717) is 0 Å². The van der Waals surface area contributed by atoms with Crippen LogP contribution in [-0.4, -0.2) is 13.0 Å². The van der Waals surface area contributed by atoms with E-state index >= 15 is 0 Å². The molecule has 0 aliphatic carbocycles. The lowest BCUT2D eigenvalue weighted by atomic mass is 10.6. The fourth-order valence-electron chi connectivity index (χ4n) is 0.285. The van der Waals surface area contributed by atoms with Gasteiger partial charge in [-0.15, -0.1) is 0 Å². The molecule has 0 radical (unpaired) electrons. The molecule has 0 amide bonds. The fraction of sp³-hybridized carbons (Fsp3) is 0.600. The second-order valence-electron chi connectivity index (χ2n) is 1.24. The molecule has 0 bridgehead atoms. The lowest BCUT2D eigenvalue weighted by Gasteiger charge is -1.95. The highest BCUT2D eigenvalue weighted by atomic mass is 19.3. The van der Waals surface area contributed by atoms with Crippen LogP contribution in [0.3, 0.4) is 0 Å². The zero-order chi connectivity index (χ0) is 7.28. The SMILES string of the molecule is CCO/C(F)=C/C(F)F. The Morgan fingerprint density at radius 2 is 2.22 bits per heavy atom. The smallest absolute Gasteiger partial charge is 0.274 e. The highest BCUT2D eigenvalue weighted by Gasteiger charge is 2.00. The maximum Gasteiger partial charge on any atom is 0.274 e. The minimum Gasteiger partial charge on any atom is -0.471 e. The molecule has 0 saturated carbocycles. The van der Waals surface area contributed by atoms with E-state index in [1.54, 1.807) is 0 Å². The van der Waals surface area contributed by atoms with Crippen molar-refractivity contribution in [3.63, 3.8) is 0 Å². The number of halogens is 3. The summed E-state index contributed by atoms with van der Waals surface area (Å²) in [6.45, 7) is 1.58. The van der Waals surface area contributed by atoms with Crippen LogP contribution in [0.2, 0.25) is 0 Å². The Labute approximate surface area is 51.1 Å². The van der Waals surface area contributed by atoms with Crippen molar-refractivity contribution in [2.75, 3.05) is 6.61 Å². The molecule has 0 rings (SSSR count). The van der Waals surface area contributed by atoms with Crippen LogP contribution in [0.25, 0.3) is 0 Å². The van der Waals surface area contributed by atoms with Crippen molar-refractivity contribution in [1.29, 1.82) is 0 Å². The molecule has 54 valence electrons. The molecule has 0 fully saturated rings. The van der Waals surface area contributed by atoms with Crippen LogP contribution in [0.5, 0.6) is 0 Å². The Morgan fingerprint density at radius 1 is 1.67 bits per heavy atom. The highest BCUT2D eigenvalue weighted by molar-refractivity contribution is 4.84. The van der Waals surface area contributed by atoms with Crippen molar-refractivity contribution in [1.82, 2.24) is 0 Å². The molecule has 4 heteroatoms. The average Bonchev–Trinajstić information content (AvgIpc) is 1.63. The maximum atomic E-state index is 11.8. The van der Waals surface area contributed by atoms with E-state index in [2.05, 4.69) is 4.74 Å². The predicted octanol–water partition coefficient (Wildman–Crippen LogP) is 2.10. The van der Waals surface area contributed by atoms with Gasteiger partial charge >= 0.3 is 0 Å². The van der Waals surface area contributed by atoms with E-state index in [-0.39, 0.29) is 12.7 Å². The number of ether oxygens (including phenoxy) is 1. The molecular weight excluding hydrogens is 133 g/mol. The topological polar surface area (TPSA) is 9.23 Å². The van der Waals surface area contributed by atoms with Crippen LogP contribution < -0.4 is 0 Å². The minimum absolute atomic E-state index is 0.0645. The Kier molecular flexibility index (Phi) is 3.92. The van der Waals surface area contributed by atoms with Gasteiger partial charge in [0.25, 0.3) is 12.4 Å². The summed E-state index contributed by atoms with van der Waals surface area (Å²) in [5.74, 6) is 0. The quantitative estimate of drug-likeness (QED) is 0.545. The van der Waals surface area contributed by atoms with Gasteiger partial charge in [-0.2, -0.15) is 4.39 Å². The Hall–Kier alpha value is -0.670. The van der Waals surface area contributed by atoms with E-state index in [1.807, 2.05) is 0 Å². The van der Waals surface area contributed by atoms with Crippen molar-refractivity contribution in [2.24, 2.45) is 0 Å². The molecule has 0 saturated heterocycles. The summed E-state index contributed by atoms with van der Waals surface area (Å²) in [6.07, 6.45) is -2.67. The predicted molar refractivity (Wildman–Crippen MR) is 26.8 cm³/mol. The number of rotatable bonds is 3. The second-order valence-corrected chi connectivity index (χ2v) is 1.24. The lowest BCUT2D eigenvalue weighted by molar-refractivity contribution is 0.137. The Morgan fingerprint density at radius 3 is 2.56 bits per heavy atom. The first-order valence-corrected chi connectivity index (χ1v) is 2.45. The maximum absolute atomic E-state index is 11.8. The number of hydrogen-bond donors (Lipinski definition) is 0. The first-order chi connectivity index (χ1) is 4.16. The number of allylic oxidation sites excluding steroid dienone is 1. The molecule has 0 aromatic rings. The zero-order valence-corrected chi connectivity index (χ0v) is 4.90.